The molecule has 0 atom stereocenters. The van der Waals surface area contributed by atoms with E-state index in [2.05, 4.69) is 15.6 Å². The molecular weight excluding hydrogens is 533 g/mol. The van der Waals surface area contributed by atoms with Gasteiger partial charge in [0.1, 0.15) is 17.4 Å². The van der Waals surface area contributed by atoms with Crippen molar-refractivity contribution in [3.8, 4) is 5.75 Å². The summed E-state index contributed by atoms with van der Waals surface area (Å²) in [5.74, 6) is -2.02. The normalized spacial score (nSPS) is 12.6. The number of carboxylic acids is 1. The molecule has 1 aliphatic heterocycles. The Morgan fingerprint density at radius 2 is 1.63 bits per heavy atom. The van der Waals surface area contributed by atoms with Gasteiger partial charge in [0.2, 0.25) is 0 Å². The van der Waals surface area contributed by atoms with Crippen LogP contribution in [0.5, 0.6) is 5.75 Å². The lowest BCUT2D eigenvalue weighted by Gasteiger charge is -2.19. The number of carbonyl (C=O) groups excluding carboxylic acids is 2. The molecule has 0 saturated carbocycles. The maximum absolute atomic E-state index is 13.2. The third-order valence-electron chi connectivity index (χ3n) is 5.71. The Morgan fingerprint density at radius 1 is 0.947 bits per heavy atom. The molecule has 196 valence electrons. The topological polar surface area (TPSA) is 145 Å². The molecule has 1 fully saturated rings. The summed E-state index contributed by atoms with van der Waals surface area (Å²) >= 11 is 12.0. The van der Waals surface area contributed by atoms with Gasteiger partial charge in [-0.05, 0) is 43.2 Å². The lowest BCUT2D eigenvalue weighted by molar-refractivity contribution is -0.139. The van der Waals surface area contributed by atoms with Crippen LogP contribution < -0.4 is 15.4 Å². The predicted octanol–water partition coefficient (Wildman–Crippen LogP) is 4.78. The fourth-order valence-electron chi connectivity index (χ4n) is 3.87. The Kier molecular flexibility index (Phi) is 8.45. The van der Waals surface area contributed by atoms with Crippen LogP contribution in [0.2, 0.25) is 10.0 Å². The molecular formula is C26H23Cl2N5O5. The molecule has 0 spiro atoms. The zero-order valence-corrected chi connectivity index (χ0v) is 21.5. The van der Waals surface area contributed by atoms with Gasteiger partial charge in [-0.3, -0.25) is 15.0 Å². The van der Waals surface area contributed by atoms with Gasteiger partial charge in [-0.25, -0.2) is 9.78 Å². The van der Waals surface area contributed by atoms with Gasteiger partial charge in [-0.15, -0.1) is 0 Å². The molecule has 12 heteroatoms. The molecule has 1 aromatic heterocycles. The number of rotatable bonds is 8. The molecule has 2 heterocycles. The zero-order chi connectivity index (χ0) is 27.2. The second-order valence-corrected chi connectivity index (χ2v) is 9.27. The van der Waals surface area contributed by atoms with E-state index in [-0.39, 0.29) is 33.4 Å². The first-order chi connectivity index (χ1) is 18.2. The fourth-order valence-corrected chi connectivity index (χ4v) is 4.19. The number of carbonyl (C=O) groups is 3. The summed E-state index contributed by atoms with van der Waals surface area (Å²) in [5.41, 5.74) is 0.792. The van der Waals surface area contributed by atoms with E-state index in [4.69, 9.17) is 38.5 Å². The van der Waals surface area contributed by atoms with E-state index < -0.39 is 24.4 Å². The van der Waals surface area contributed by atoms with Crippen LogP contribution in [-0.2, 0) is 4.79 Å². The van der Waals surface area contributed by atoms with Crippen LogP contribution in [0.4, 0.5) is 11.5 Å². The molecule has 0 radical (unpaired) electrons. The van der Waals surface area contributed by atoms with Crippen LogP contribution in [0.15, 0.2) is 54.7 Å². The summed E-state index contributed by atoms with van der Waals surface area (Å²) in [7, 11) is 0. The molecule has 0 aliphatic carbocycles. The Hall–Kier alpha value is -4.15. The molecule has 3 aromatic rings. The van der Waals surface area contributed by atoms with Crippen molar-refractivity contribution in [3.05, 3.63) is 81.5 Å². The largest absolute Gasteiger partial charge is 0.480 e. The highest BCUT2D eigenvalue weighted by Gasteiger charge is 2.22. The van der Waals surface area contributed by atoms with Gasteiger partial charge in [0.15, 0.2) is 6.61 Å². The van der Waals surface area contributed by atoms with Gasteiger partial charge < -0.3 is 25.4 Å². The standard InChI is InChI=1S/C26H23Cl2N5O5/c27-17-7-8-21(30-13-17)31-26(37)19-11-18(28)12-20(38-14-22(34)35)23(19)32-25(36)16-5-3-15(4-6-16)24(29)33-9-1-2-10-33/h3-8,11-13,29H,1-2,9-10,14H2,(H,32,36)(H,34,35)(H,30,31,37). The highest BCUT2D eigenvalue weighted by Crippen LogP contribution is 2.34. The number of halogens is 2. The van der Waals surface area contributed by atoms with Gasteiger partial charge in [-0.2, -0.15) is 0 Å². The Morgan fingerprint density at radius 3 is 2.26 bits per heavy atom. The predicted molar refractivity (Wildman–Crippen MR) is 144 cm³/mol. The smallest absolute Gasteiger partial charge is 0.341 e. The molecule has 4 rings (SSSR count). The third-order valence-corrected chi connectivity index (χ3v) is 6.15. The average Bonchev–Trinajstić information content (AvgIpc) is 3.44. The number of amidine groups is 1. The van der Waals surface area contributed by atoms with Crippen LogP contribution in [-0.4, -0.2) is 58.3 Å². The molecule has 1 saturated heterocycles. The third kappa shape index (κ3) is 6.58. The van der Waals surface area contributed by atoms with Crippen LogP contribution in [0, 0.1) is 5.41 Å². The Bertz CT molecular complexity index is 1370. The number of anilines is 2. The molecule has 2 amide bonds. The lowest BCUT2D eigenvalue weighted by Crippen LogP contribution is -2.27. The van der Waals surface area contributed by atoms with Gasteiger partial charge in [0.05, 0.1) is 16.3 Å². The number of hydrogen-bond donors (Lipinski definition) is 4. The molecule has 4 N–H and O–H groups in total. The van der Waals surface area contributed by atoms with Crippen molar-refractivity contribution in [2.45, 2.75) is 12.8 Å². The fraction of sp³-hybridized carbons (Fsp3) is 0.192. The van der Waals surface area contributed by atoms with Crippen molar-refractivity contribution in [1.82, 2.24) is 9.88 Å². The second kappa shape index (κ2) is 11.9. The molecule has 2 aromatic carbocycles. The van der Waals surface area contributed by atoms with Crippen molar-refractivity contribution in [2.75, 3.05) is 30.3 Å². The number of likely N-dealkylation sites (tertiary alicyclic amines) is 1. The van der Waals surface area contributed by atoms with E-state index in [0.717, 1.165) is 25.9 Å². The summed E-state index contributed by atoms with van der Waals surface area (Å²) in [6.07, 6.45) is 3.44. The van der Waals surface area contributed by atoms with E-state index in [1.807, 2.05) is 4.90 Å². The number of aliphatic carboxylic acids is 1. The van der Waals surface area contributed by atoms with Crippen molar-refractivity contribution >= 4 is 58.3 Å². The first kappa shape index (κ1) is 26.9. The number of nitrogens with zero attached hydrogens (tertiary/aromatic N) is 2. The summed E-state index contributed by atoms with van der Waals surface area (Å²) in [6, 6.07) is 12.2. The summed E-state index contributed by atoms with van der Waals surface area (Å²) in [6.45, 7) is 0.927. The molecule has 1 aliphatic rings. The molecule has 10 nitrogen and oxygen atoms in total. The second-order valence-electron chi connectivity index (χ2n) is 8.40. The van der Waals surface area contributed by atoms with Crippen molar-refractivity contribution in [2.24, 2.45) is 0 Å². The molecule has 38 heavy (non-hydrogen) atoms. The van der Waals surface area contributed by atoms with Crippen LogP contribution >= 0.6 is 23.2 Å². The summed E-state index contributed by atoms with van der Waals surface area (Å²) in [4.78, 5) is 43.4. The zero-order valence-electron chi connectivity index (χ0n) is 20.0. The van der Waals surface area contributed by atoms with E-state index in [0.29, 0.717) is 16.4 Å². The number of benzene rings is 2. The van der Waals surface area contributed by atoms with Crippen molar-refractivity contribution in [1.29, 1.82) is 5.41 Å². The van der Waals surface area contributed by atoms with Gasteiger partial charge >= 0.3 is 5.97 Å². The van der Waals surface area contributed by atoms with Gasteiger partial charge in [0.25, 0.3) is 11.8 Å². The average molecular weight is 556 g/mol. The monoisotopic (exact) mass is 555 g/mol. The van der Waals surface area contributed by atoms with Crippen molar-refractivity contribution < 1.29 is 24.2 Å². The van der Waals surface area contributed by atoms with Gasteiger partial charge in [-0.1, -0.05) is 35.3 Å². The van der Waals surface area contributed by atoms with Gasteiger partial charge in [0, 0.05) is 41.5 Å². The first-order valence-corrected chi connectivity index (χ1v) is 12.3. The lowest BCUT2D eigenvalue weighted by atomic mass is 10.1. The number of aromatic nitrogens is 1. The number of pyridine rings is 1. The Labute approximate surface area is 228 Å². The molecule has 0 unspecified atom stereocenters. The van der Waals surface area contributed by atoms with Crippen molar-refractivity contribution in [3.63, 3.8) is 0 Å². The first-order valence-electron chi connectivity index (χ1n) is 11.6. The SMILES string of the molecule is N=C(c1ccc(C(=O)Nc2c(OCC(=O)O)cc(Cl)cc2C(=O)Nc2ccc(Cl)cn2)cc1)N1CCCC1. The number of ether oxygens (including phenoxy) is 1. The quantitative estimate of drug-likeness (QED) is 0.231. The summed E-state index contributed by atoms with van der Waals surface area (Å²) in [5, 5.41) is 23.2. The highest BCUT2D eigenvalue weighted by molar-refractivity contribution is 6.32. The van der Waals surface area contributed by atoms with E-state index in [1.165, 1.54) is 24.4 Å². The van der Waals surface area contributed by atoms with E-state index >= 15 is 0 Å². The van der Waals surface area contributed by atoms with E-state index in [1.54, 1.807) is 30.3 Å². The number of amides is 2. The Balaban J connectivity index is 1.61. The van der Waals surface area contributed by atoms with Crippen LogP contribution in [0.25, 0.3) is 0 Å². The number of nitrogens with one attached hydrogen (secondary N) is 3. The van der Waals surface area contributed by atoms with E-state index in [9.17, 15) is 14.4 Å². The number of hydrogen-bond acceptors (Lipinski definition) is 6. The highest BCUT2D eigenvalue weighted by atomic mass is 35.5. The number of carboxylic acid groups (broad SMARTS) is 1. The minimum absolute atomic E-state index is 0.0685. The van der Waals surface area contributed by atoms with Crippen LogP contribution in [0.3, 0.4) is 0 Å². The maximum Gasteiger partial charge on any atom is 0.341 e. The minimum Gasteiger partial charge on any atom is -0.480 e. The summed E-state index contributed by atoms with van der Waals surface area (Å²) < 4.78 is 5.34. The molecule has 0 bridgehead atoms. The van der Waals surface area contributed by atoms with Crippen LogP contribution in [0.1, 0.15) is 39.1 Å². The minimum atomic E-state index is -1.25. The maximum atomic E-state index is 13.2.